The van der Waals surface area contributed by atoms with Gasteiger partial charge in [0.2, 0.25) is 0 Å². The maximum Gasteiger partial charge on any atom is 0.0460 e. The summed E-state index contributed by atoms with van der Waals surface area (Å²) in [5, 5.41) is 9.11. The average molecular weight is 299 g/mol. The molecule has 3 nitrogen and oxygen atoms in total. The molecule has 0 bridgehead atoms. The number of piperidine rings is 1. The van der Waals surface area contributed by atoms with E-state index in [1.807, 2.05) is 18.2 Å². The molecule has 3 N–H and O–H groups in total. The first-order valence-electron chi connectivity index (χ1n) is 6.06. The third-order valence-corrected chi connectivity index (χ3v) is 4.25. The summed E-state index contributed by atoms with van der Waals surface area (Å²) in [4.78, 5) is 2.41. The zero-order valence-electron chi connectivity index (χ0n) is 9.90. The van der Waals surface area contributed by atoms with Crippen LogP contribution in [-0.2, 0) is 6.54 Å². The third kappa shape index (κ3) is 3.21. The predicted molar refractivity (Wildman–Crippen MR) is 73.6 cm³/mol. The summed E-state index contributed by atoms with van der Waals surface area (Å²) in [6.45, 7) is 3.31. The number of nitrogen functional groups attached to an aromatic ring is 1. The highest BCUT2D eigenvalue weighted by molar-refractivity contribution is 9.10. The Morgan fingerprint density at radius 3 is 2.65 bits per heavy atom. The summed E-state index contributed by atoms with van der Waals surface area (Å²) in [6.07, 6.45) is 2.17. The van der Waals surface area contributed by atoms with Crippen molar-refractivity contribution in [3.05, 3.63) is 28.2 Å². The molecular formula is C13H19BrN2O. The van der Waals surface area contributed by atoms with Gasteiger partial charge in [-0.3, -0.25) is 4.90 Å². The van der Waals surface area contributed by atoms with Crippen molar-refractivity contribution in [2.45, 2.75) is 19.4 Å². The molecule has 0 radical (unpaired) electrons. The summed E-state index contributed by atoms with van der Waals surface area (Å²) in [7, 11) is 0. The van der Waals surface area contributed by atoms with Gasteiger partial charge in [0.05, 0.1) is 0 Å². The molecule has 1 saturated heterocycles. The molecule has 1 aliphatic rings. The molecule has 1 aromatic carbocycles. The fourth-order valence-electron chi connectivity index (χ4n) is 2.29. The molecule has 2 rings (SSSR count). The van der Waals surface area contributed by atoms with Crippen molar-refractivity contribution >= 4 is 21.6 Å². The van der Waals surface area contributed by atoms with E-state index in [2.05, 4.69) is 20.8 Å². The number of halogens is 1. The van der Waals surface area contributed by atoms with Crippen molar-refractivity contribution in [3.63, 3.8) is 0 Å². The molecule has 0 aromatic heterocycles. The number of anilines is 1. The van der Waals surface area contributed by atoms with Gasteiger partial charge in [-0.15, -0.1) is 0 Å². The molecule has 0 unspecified atom stereocenters. The van der Waals surface area contributed by atoms with Gasteiger partial charge in [-0.1, -0.05) is 22.0 Å². The minimum absolute atomic E-state index is 0.324. The lowest BCUT2D eigenvalue weighted by Crippen LogP contribution is -2.34. The standard InChI is InChI=1S/C13H19BrN2O/c14-12-2-1-3-13(15)11(12)8-16-6-4-10(9-17)5-7-16/h1-3,10,17H,4-9,15H2. The van der Waals surface area contributed by atoms with Gasteiger partial charge < -0.3 is 10.8 Å². The van der Waals surface area contributed by atoms with Crippen LogP contribution < -0.4 is 5.73 Å². The van der Waals surface area contributed by atoms with E-state index in [0.717, 1.165) is 42.6 Å². The van der Waals surface area contributed by atoms with E-state index in [1.165, 1.54) is 5.56 Å². The summed E-state index contributed by atoms with van der Waals surface area (Å²) in [5.74, 6) is 0.489. The van der Waals surface area contributed by atoms with Crippen molar-refractivity contribution in [3.8, 4) is 0 Å². The number of hydrogen-bond acceptors (Lipinski definition) is 3. The predicted octanol–water partition coefficient (Wildman–Crippen LogP) is 2.24. The fraction of sp³-hybridized carbons (Fsp3) is 0.538. The Kier molecular flexibility index (Phi) is 4.42. The van der Waals surface area contributed by atoms with Gasteiger partial charge in [0.1, 0.15) is 0 Å². The Morgan fingerprint density at radius 1 is 1.35 bits per heavy atom. The Hall–Kier alpha value is -0.580. The van der Waals surface area contributed by atoms with E-state index in [1.54, 1.807) is 0 Å². The molecule has 1 aliphatic heterocycles. The zero-order chi connectivity index (χ0) is 12.3. The van der Waals surface area contributed by atoms with E-state index >= 15 is 0 Å². The Balaban J connectivity index is 1.98. The molecule has 1 heterocycles. The summed E-state index contributed by atoms with van der Waals surface area (Å²) in [6, 6.07) is 5.94. The molecule has 4 heteroatoms. The van der Waals surface area contributed by atoms with Crippen LogP contribution in [0.15, 0.2) is 22.7 Å². The zero-order valence-corrected chi connectivity index (χ0v) is 11.5. The minimum atomic E-state index is 0.324. The van der Waals surface area contributed by atoms with Gasteiger partial charge >= 0.3 is 0 Å². The topological polar surface area (TPSA) is 49.5 Å². The highest BCUT2D eigenvalue weighted by Crippen LogP contribution is 2.26. The van der Waals surface area contributed by atoms with Gasteiger partial charge in [0, 0.05) is 28.9 Å². The van der Waals surface area contributed by atoms with Crippen LogP contribution in [0.1, 0.15) is 18.4 Å². The Labute approximate surface area is 111 Å². The van der Waals surface area contributed by atoms with Gasteiger partial charge in [0.25, 0.3) is 0 Å². The van der Waals surface area contributed by atoms with Crippen LogP contribution in [0.2, 0.25) is 0 Å². The van der Waals surface area contributed by atoms with Crippen LogP contribution in [0.25, 0.3) is 0 Å². The smallest absolute Gasteiger partial charge is 0.0460 e. The maximum atomic E-state index is 9.11. The number of benzene rings is 1. The summed E-state index contributed by atoms with van der Waals surface area (Å²) in [5.41, 5.74) is 8.02. The van der Waals surface area contributed by atoms with Crippen molar-refractivity contribution in [1.82, 2.24) is 4.90 Å². The number of aliphatic hydroxyl groups is 1. The third-order valence-electron chi connectivity index (χ3n) is 3.50. The molecule has 0 amide bonds. The van der Waals surface area contributed by atoms with Crippen LogP contribution in [0.3, 0.4) is 0 Å². The second-order valence-corrected chi connectivity index (χ2v) is 5.56. The molecule has 0 aliphatic carbocycles. The first kappa shape index (κ1) is 12.9. The van der Waals surface area contributed by atoms with Crippen LogP contribution in [-0.4, -0.2) is 29.7 Å². The molecule has 94 valence electrons. The van der Waals surface area contributed by atoms with Gasteiger partial charge in [-0.05, 0) is 44.0 Å². The van der Waals surface area contributed by atoms with E-state index in [9.17, 15) is 0 Å². The van der Waals surface area contributed by atoms with Gasteiger partial charge in [-0.2, -0.15) is 0 Å². The van der Waals surface area contributed by atoms with Crippen molar-refractivity contribution < 1.29 is 5.11 Å². The highest BCUT2D eigenvalue weighted by atomic mass is 79.9. The molecule has 1 aromatic rings. The lowest BCUT2D eigenvalue weighted by molar-refractivity contribution is 0.127. The molecule has 0 saturated carbocycles. The quantitative estimate of drug-likeness (QED) is 0.842. The summed E-state index contributed by atoms with van der Waals surface area (Å²) < 4.78 is 1.08. The Morgan fingerprint density at radius 2 is 2.06 bits per heavy atom. The van der Waals surface area contributed by atoms with Gasteiger partial charge in [-0.25, -0.2) is 0 Å². The second-order valence-electron chi connectivity index (χ2n) is 4.71. The summed E-state index contributed by atoms with van der Waals surface area (Å²) >= 11 is 3.55. The van der Waals surface area contributed by atoms with Crippen molar-refractivity contribution in [1.29, 1.82) is 0 Å². The number of aliphatic hydroxyl groups excluding tert-OH is 1. The molecular weight excluding hydrogens is 280 g/mol. The van der Waals surface area contributed by atoms with Crippen LogP contribution >= 0.6 is 15.9 Å². The molecule has 0 spiro atoms. The normalized spacial score (nSPS) is 18.5. The number of nitrogens with zero attached hydrogens (tertiary/aromatic N) is 1. The highest BCUT2D eigenvalue weighted by Gasteiger charge is 2.19. The van der Waals surface area contributed by atoms with E-state index in [-0.39, 0.29) is 0 Å². The SMILES string of the molecule is Nc1cccc(Br)c1CN1CCC(CO)CC1. The molecule has 17 heavy (non-hydrogen) atoms. The molecule has 1 fully saturated rings. The van der Waals surface area contributed by atoms with Crippen molar-refractivity contribution in [2.24, 2.45) is 5.92 Å². The lowest BCUT2D eigenvalue weighted by Gasteiger charge is -2.31. The van der Waals surface area contributed by atoms with E-state index in [0.29, 0.717) is 12.5 Å². The van der Waals surface area contributed by atoms with Gasteiger partial charge in [0.15, 0.2) is 0 Å². The monoisotopic (exact) mass is 298 g/mol. The van der Waals surface area contributed by atoms with Crippen LogP contribution in [0.4, 0.5) is 5.69 Å². The van der Waals surface area contributed by atoms with E-state index < -0.39 is 0 Å². The first-order chi connectivity index (χ1) is 8.20. The first-order valence-corrected chi connectivity index (χ1v) is 6.86. The van der Waals surface area contributed by atoms with E-state index in [4.69, 9.17) is 10.8 Å². The van der Waals surface area contributed by atoms with Crippen LogP contribution in [0.5, 0.6) is 0 Å². The number of nitrogens with two attached hydrogens (primary N) is 1. The number of hydrogen-bond donors (Lipinski definition) is 2. The average Bonchev–Trinajstić information content (AvgIpc) is 2.35. The molecule has 0 atom stereocenters. The number of rotatable bonds is 3. The van der Waals surface area contributed by atoms with Crippen molar-refractivity contribution in [2.75, 3.05) is 25.4 Å². The van der Waals surface area contributed by atoms with Crippen LogP contribution in [0, 0.1) is 5.92 Å². The lowest BCUT2D eigenvalue weighted by atomic mass is 9.97. The Bertz CT molecular complexity index is 355. The fourth-order valence-corrected chi connectivity index (χ4v) is 2.80. The second kappa shape index (κ2) is 5.85. The minimum Gasteiger partial charge on any atom is -0.398 e. The maximum absolute atomic E-state index is 9.11. The largest absolute Gasteiger partial charge is 0.398 e. The number of likely N-dealkylation sites (tertiary alicyclic amines) is 1.